The fourth-order valence-electron chi connectivity index (χ4n) is 4.62. The van der Waals surface area contributed by atoms with Gasteiger partial charge in [-0.1, -0.05) is 84.9 Å². The third-order valence-electron chi connectivity index (χ3n) is 5.92. The molecule has 0 nitrogen and oxygen atoms in total. The lowest BCUT2D eigenvalue weighted by atomic mass is 9.80. The van der Waals surface area contributed by atoms with Gasteiger partial charge in [-0.2, -0.15) is 0 Å². The van der Waals surface area contributed by atoms with Crippen molar-refractivity contribution in [1.29, 1.82) is 0 Å². The molecule has 126 valence electrons. The van der Waals surface area contributed by atoms with Crippen LogP contribution in [0.1, 0.15) is 34.6 Å². The first-order valence-corrected chi connectivity index (χ1v) is 9.47. The van der Waals surface area contributed by atoms with E-state index in [1.807, 2.05) is 0 Å². The lowest BCUT2D eigenvalue weighted by Crippen LogP contribution is -2.08. The van der Waals surface area contributed by atoms with Gasteiger partial charge in [-0.3, -0.25) is 0 Å². The van der Waals surface area contributed by atoms with Crippen molar-refractivity contribution >= 4 is 27.6 Å². The van der Waals surface area contributed by atoms with E-state index >= 15 is 0 Å². The second-order valence-corrected chi connectivity index (χ2v) is 7.36. The molecule has 1 aliphatic rings. The zero-order valence-corrected chi connectivity index (χ0v) is 15.1. The van der Waals surface area contributed by atoms with Crippen LogP contribution in [-0.4, -0.2) is 0 Å². The number of aryl methyl sites for hydroxylation is 1. The first-order valence-electron chi connectivity index (χ1n) is 9.47. The quantitative estimate of drug-likeness (QED) is 0.345. The predicted octanol–water partition coefficient (Wildman–Crippen LogP) is 7.04. The van der Waals surface area contributed by atoms with Gasteiger partial charge >= 0.3 is 0 Å². The second-order valence-electron chi connectivity index (χ2n) is 7.36. The van der Waals surface area contributed by atoms with E-state index in [2.05, 4.69) is 91.9 Å². The number of hydrogen-bond acceptors (Lipinski definition) is 0. The zero-order valence-electron chi connectivity index (χ0n) is 15.1. The Morgan fingerprint density at radius 3 is 2.00 bits per heavy atom. The van der Waals surface area contributed by atoms with E-state index in [-0.39, 0.29) is 0 Å². The van der Waals surface area contributed by atoms with Crippen LogP contribution in [-0.2, 0) is 6.42 Å². The Morgan fingerprint density at radius 2 is 1.31 bits per heavy atom. The zero-order chi connectivity index (χ0) is 17.5. The van der Waals surface area contributed by atoms with Crippen LogP contribution < -0.4 is 0 Å². The molecule has 0 saturated heterocycles. The van der Waals surface area contributed by atoms with Crippen molar-refractivity contribution in [2.75, 3.05) is 0 Å². The van der Waals surface area contributed by atoms with Crippen LogP contribution in [0, 0.1) is 6.92 Å². The summed E-state index contributed by atoms with van der Waals surface area (Å²) in [7, 11) is 0. The van der Waals surface area contributed by atoms with Gasteiger partial charge in [0.2, 0.25) is 0 Å². The topological polar surface area (TPSA) is 0 Å². The Morgan fingerprint density at radius 1 is 0.731 bits per heavy atom. The van der Waals surface area contributed by atoms with Crippen LogP contribution in [0.3, 0.4) is 0 Å². The first-order chi connectivity index (χ1) is 12.8. The fraction of sp³-hybridized carbons (Fsp3) is 0.154. The highest BCUT2D eigenvalue weighted by atomic mass is 14.2. The summed E-state index contributed by atoms with van der Waals surface area (Å²) >= 11 is 0. The van der Waals surface area contributed by atoms with E-state index in [9.17, 15) is 0 Å². The van der Waals surface area contributed by atoms with Crippen molar-refractivity contribution in [3.8, 4) is 0 Å². The molecule has 0 amide bonds. The largest absolute Gasteiger partial charge is 0.0833 e. The van der Waals surface area contributed by atoms with Gasteiger partial charge in [0.15, 0.2) is 0 Å². The molecule has 0 bridgehead atoms. The number of hydrogen-bond donors (Lipinski definition) is 0. The molecule has 0 aromatic heterocycles. The second kappa shape index (κ2) is 6.14. The Labute approximate surface area is 154 Å². The molecule has 0 radical (unpaired) electrons. The van der Waals surface area contributed by atoms with Gasteiger partial charge in [-0.05, 0) is 69.5 Å². The Kier molecular flexibility index (Phi) is 3.64. The lowest BCUT2D eigenvalue weighted by molar-refractivity contribution is 0.694. The summed E-state index contributed by atoms with van der Waals surface area (Å²) in [6.45, 7) is 2.26. The average molecular weight is 334 g/mol. The molecule has 0 heterocycles. The highest BCUT2D eigenvalue weighted by molar-refractivity contribution is 6.05. The summed E-state index contributed by atoms with van der Waals surface area (Å²) in [6.07, 6.45) is 6.82. The molecule has 4 aromatic carbocycles. The third-order valence-corrected chi connectivity index (χ3v) is 5.92. The summed E-state index contributed by atoms with van der Waals surface area (Å²) in [6, 6.07) is 26.7. The standard InChI is InChI=1S/C26H22/c1-18-21-12-4-6-15-24(21)26(25-16-7-5-13-22(18)25)17-20-11-8-10-19-9-2-3-14-23(19)20/h2-10,12-16,20H,11,17H2,1H3. The molecule has 0 heteroatoms. The summed E-state index contributed by atoms with van der Waals surface area (Å²) < 4.78 is 0. The smallest absolute Gasteiger partial charge is 0.00804 e. The molecule has 26 heavy (non-hydrogen) atoms. The predicted molar refractivity (Wildman–Crippen MR) is 113 cm³/mol. The van der Waals surface area contributed by atoms with Crippen LogP contribution in [0.2, 0.25) is 0 Å². The van der Waals surface area contributed by atoms with Crippen molar-refractivity contribution in [2.24, 2.45) is 0 Å². The number of rotatable bonds is 2. The van der Waals surface area contributed by atoms with E-state index in [1.165, 1.54) is 43.8 Å². The van der Waals surface area contributed by atoms with Crippen LogP contribution in [0.25, 0.3) is 27.6 Å². The molecule has 0 N–H and O–H groups in total. The molecule has 1 unspecified atom stereocenters. The molecular formula is C26H22. The minimum atomic E-state index is 0.547. The summed E-state index contributed by atoms with van der Waals surface area (Å²) in [5, 5.41) is 5.60. The number of benzene rings is 4. The molecule has 5 rings (SSSR count). The number of fused-ring (bicyclic) bond motifs is 3. The van der Waals surface area contributed by atoms with Crippen LogP contribution in [0.15, 0.2) is 78.9 Å². The van der Waals surface area contributed by atoms with Crippen molar-refractivity contribution in [1.82, 2.24) is 0 Å². The van der Waals surface area contributed by atoms with E-state index < -0.39 is 0 Å². The average Bonchev–Trinajstić information content (AvgIpc) is 2.71. The number of allylic oxidation sites excluding steroid dienone is 1. The van der Waals surface area contributed by atoms with Gasteiger partial charge in [-0.25, -0.2) is 0 Å². The molecule has 4 aromatic rings. The van der Waals surface area contributed by atoms with Crippen molar-refractivity contribution in [3.63, 3.8) is 0 Å². The molecule has 0 fully saturated rings. The molecular weight excluding hydrogens is 312 g/mol. The van der Waals surface area contributed by atoms with E-state index in [1.54, 1.807) is 0 Å². The van der Waals surface area contributed by atoms with Crippen LogP contribution in [0.4, 0.5) is 0 Å². The summed E-state index contributed by atoms with van der Waals surface area (Å²) in [5.41, 5.74) is 5.76. The van der Waals surface area contributed by atoms with Crippen molar-refractivity contribution < 1.29 is 0 Å². The van der Waals surface area contributed by atoms with Gasteiger partial charge in [0, 0.05) is 0 Å². The van der Waals surface area contributed by atoms with E-state index in [0.29, 0.717) is 5.92 Å². The lowest BCUT2D eigenvalue weighted by Gasteiger charge is -2.24. The monoisotopic (exact) mass is 334 g/mol. The summed E-state index contributed by atoms with van der Waals surface area (Å²) in [5.74, 6) is 0.547. The minimum absolute atomic E-state index is 0.547. The van der Waals surface area contributed by atoms with E-state index in [0.717, 1.165) is 12.8 Å². The van der Waals surface area contributed by atoms with E-state index in [4.69, 9.17) is 0 Å². The van der Waals surface area contributed by atoms with Gasteiger partial charge < -0.3 is 0 Å². The normalized spacial score (nSPS) is 16.1. The van der Waals surface area contributed by atoms with Crippen LogP contribution >= 0.6 is 0 Å². The van der Waals surface area contributed by atoms with Crippen LogP contribution in [0.5, 0.6) is 0 Å². The summed E-state index contributed by atoms with van der Waals surface area (Å²) in [4.78, 5) is 0. The van der Waals surface area contributed by atoms with Gasteiger partial charge in [0.05, 0.1) is 0 Å². The minimum Gasteiger partial charge on any atom is -0.0833 e. The molecule has 1 aliphatic carbocycles. The Balaban J connectivity index is 1.74. The maximum Gasteiger partial charge on any atom is -0.00804 e. The SMILES string of the molecule is Cc1c2ccccc2c(CC2CC=Cc3ccccc32)c2ccccc12. The van der Waals surface area contributed by atoms with Gasteiger partial charge in [-0.15, -0.1) is 0 Å². The van der Waals surface area contributed by atoms with Gasteiger partial charge in [0.25, 0.3) is 0 Å². The Hall–Kier alpha value is -2.86. The highest BCUT2D eigenvalue weighted by Gasteiger charge is 2.20. The molecule has 0 spiro atoms. The highest BCUT2D eigenvalue weighted by Crippen LogP contribution is 2.38. The van der Waals surface area contributed by atoms with Gasteiger partial charge in [0.1, 0.15) is 0 Å². The maximum atomic E-state index is 2.34. The maximum absolute atomic E-state index is 2.34. The van der Waals surface area contributed by atoms with Crippen molar-refractivity contribution in [2.45, 2.75) is 25.7 Å². The molecule has 0 aliphatic heterocycles. The van der Waals surface area contributed by atoms with Crippen molar-refractivity contribution in [3.05, 3.63) is 101 Å². The Bertz CT molecular complexity index is 1090. The molecule has 0 saturated carbocycles. The molecule has 1 atom stereocenters. The first kappa shape index (κ1) is 15.4. The third kappa shape index (κ3) is 2.37. The fourth-order valence-corrected chi connectivity index (χ4v) is 4.62.